The number of imidazole rings is 1. The van der Waals surface area contributed by atoms with Crippen LogP contribution in [0.1, 0.15) is 29.4 Å². The van der Waals surface area contributed by atoms with Gasteiger partial charge in [0, 0.05) is 24.2 Å². The minimum Gasteiger partial charge on any atom is -0.405 e. The average molecular weight is 429 g/mol. The third kappa shape index (κ3) is 3.58. The number of halogens is 3. The van der Waals surface area contributed by atoms with E-state index in [4.69, 9.17) is 0 Å². The summed E-state index contributed by atoms with van der Waals surface area (Å²) in [4.78, 5) is 32.4. The number of aromatic nitrogens is 5. The second-order valence-electron chi connectivity index (χ2n) is 7.20. The summed E-state index contributed by atoms with van der Waals surface area (Å²) in [6.45, 7) is 0. The Labute approximate surface area is 171 Å². The van der Waals surface area contributed by atoms with E-state index in [1.165, 1.54) is 22.8 Å². The lowest BCUT2D eigenvalue weighted by Gasteiger charge is -2.13. The lowest BCUT2D eigenvalue weighted by Crippen LogP contribution is -2.23. The van der Waals surface area contributed by atoms with Crippen molar-refractivity contribution in [3.8, 4) is 17.0 Å². The predicted octanol–water partition coefficient (Wildman–Crippen LogP) is 2.94. The van der Waals surface area contributed by atoms with E-state index in [9.17, 15) is 22.8 Å². The number of hydrogen-bond donors (Lipinski definition) is 2. The van der Waals surface area contributed by atoms with E-state index in [0.29, 0.717) is 23.3 Å². The molecule has 158 valence electrons. The molecule has 1 saturated carbocycles. The van der Waals surface area contributed by atoms with Gasteiger partial charge >= 0.3 is 12.1 Å². The van der Waals surface area contributed by atoms with Crippen molar-refractivity contribution in [2.45, 2.75) is 24.6 Å². The number of nitrogens with zero attached hydrogens (tertiary/aromatic N) is 3. The molecule has 8 nitrogen and oxygen atoms in total. The summed E-state index contributed by atoms with van der Waals surface area (Å²) in [5.74, 6) is -0.567. The monoisotopic (exact) mass is 429 g/mol. The van der Waals surface area contributed by atoms with E-state index in [2.05, 4.69) is 24.8 Å². The summed E-state index contributed by atoms with van der Waals surface area (Å²) in [5, 5.41) is 4.37. The van der Waals surface area contributed by atoms with E-state index in [-0.39, 0.29) is 23.1 Å². The highest BCUT2D eigenvalue weighted by Gasteiger charge is 2.44. The largest absolute Gasteiger partial charge is 0.573 e. The molecule has 31 heavy (non-hydrogen) atoms. The highest BCUT2D eigenvalue weighted by atomic mass is 19.4. The first-order chi connectivity index (χ1) is 14.8. The van der Waals surface area contributed by atoms with Crippen LogP contribution in [0, 0.1) is 0 Å². The molecular weight excluding hydrogens is 415 g/mol. The molecule has 3 heterocycles. The fourth-order valence-corrected chi connectivity index (χ4v) is 3.83. The predicted molar refractivity (Wildman–Crippen MR) is 103 cm³/mol. The lowest BCUT2D eigenvalue weighted by atomic mass is 10.0. The van der Waals surface area contributed by atoms with Gasteiger partial charge in [0.2, 0.25) is 0 Å². The molecule has 1 aliphatic carbocycles. The van der Waals surface area contributed by atoms with Gasteiger partial charge in [-0.05, 0) is 36.0 Å². The maximum Gasteiger partial charge on any atom is 0.573 e. The third-order valence-corrected chi connectivity index (χ3v) is 5.22. The Balaban J connectivity index is 1.56. The van der Waals surface area contributed by atoms with Crippen LogP contribution in [-0.4, -0.2) is 30.9 Å². The molecule has 0 radical (unpaired) electrons. The number of ether oxygens (including phenoxy) is 1. The fourth-order valence-electron chi connectivity index (χ4n) is 3.83. The van der Waals surface area contributed by atoms with E-state index in [1.54, 1.807) is 30.6 Å². The molecule has 2 N–H and O–H groups in total. The van der Waals surface area contributed by atoms with Gasteiger partial charge in [0.05, 0.1) is 11.3 Å². The quantitative estimate of drug-likeness (QED) is 0.519. The molecule has 0 amide bonds. The SMILES string of the molecule is O=c1[nH]cc(-c2cc([C@H]3C[C@@H]3c3ccccc3OC(F)(F)F)c3nccn3n2)c(=O)[nH]1. The van der Waals surface area contributed by atoms with Crippen LogP contribution >= 0.6 is 0 Å². The Bertz CT molecular complexity index is 1410. The Kier molecular flexibility index (Phi) is 4.20. The molecule has 0 saturated heterocycles. The first kappa shape index (κ1) is 19.1. The van der Waals surface area contributed by atoms with Gasteiger partial charge in [0.25, 0.3) is 5.56 Å². The molecule has 0 unspecified atom stereocenters. The van der Waals surface area contributed by atoms with Crippen LogP contribution in [0.25, 0.3) is 16.9 Å². The van der Waals surface area contributed by atoms with Crippen molar-refractivity contribution in [3.63, 3.8) is 0 Å². The van der Waals surface area contributed by atoms with Crippen molar-refractivity contribution >= 4 is 5.65 Å². The van der Waals surface area contributed by atoms with Crippen molar-refractivity contribution in [1.29, 1.82) is 0 Å². The van der Waals surface area contributed by atoms with E-state index in [1.807, 2.05) is 0 Å². The molecular formula is C20H14F3N5O3. The van der Waals surface area contributed by atoms with Gasteiger partial charge < -0.3 is 9.72 Å². The van der Waals surface area contributed by atoms with Gasteiger partial charge in [-0.3, -0.25) is 9.78 Å². The Morgan fingerprint density at radius 3 is 2.68 bits per heavy atom. The second kappa shape index (κ2) is 6.83. The van der Waals surface area contributed by atoms with Crippen LogP contribution in [0.3, 0.4) is 0 Å². The Morgan fingerprint density at radius 1 is 1.13 bits per heavy atom. The zero-order valence-corrected chi connectivity index (χ0v) is 15.7. The van der Waals surface area contributed by atoms with Crippen LogP contribution in [0.15, 0.2) is 58.5 Å². The van der Waals surface area contributed by atoms with Crippen molar-refractivity contribution in [2.24, 2.45) is 0 Å². The van der Waals surface area contributed by atoms with Gasteiger partial charge in [-0.2, -0.15) is 5.10 Å². The molecule has 0 spiro atoms. The summed E-state index contributed by atoms with van der Waals surface area (Å²) in [5.41, 5.74) is 0.977. The highest BCUT2D eigenvalue weighted by Crippen LogP contribution is 2.57. The molecule has 2 atom stereocenters. The number of rotatable bonds is 4. The topological polar surface area (TPSA) is 105 Å². The molecule has 3 aromatic heterocycles. The minimum atomic E-state index is -4.79. The zero-order valence-electron chi connectivity index (χ0n) is 15.7. The third-order valence-electron chi connectivity index (χ3n) is 5.22. The van der Waals surface area contributed by atoms with Crippen LogP contribution in [0.5, 0.6) is 5.75 Å². The molecule has 0 aliphatic heterocycles. The second-order valence-corrected chi connectivity index (χ2v) is 7.20. The van der Waals surface area contributed by atoms with Crippen LogP contribution in [0.4, 0.5) is 13.2 Å². The van der Waals surface area contributed by atoms with Crippen molar-refractivity contribution < 1.29 is 17.9 Å². The standard InChI is InChI=1S/C20H14F3N5O3/c21-20(22,23)31-16-4-2-1-3-10(16)11-7-12(11)13-8-15(27-28-6-5-24-17(13)28)14-9-25-19(30)26-18(14)29/h1-6,8-9,11-12H,7H2,(H2,25,26,29,30)/t11-,12+/m1/s1. The molecule has 4 aromatic rings. The van der Waals surface area contributed by atoms with E-state index in [0.717, 1.165) is 5.56 Å². The number of nitrogens with one attached hydrogen (secondary N) is 2. The van der Waals surface area contributed by atoms with Gasteiger partial charge in [0.1, 0.15) is 5.75 Å². The zero-order chi connectivity index (χ0) is 21.8. The maximum atomic E-state index is 12.8. The van der Waals surface area contributed by atoms with Crippen molar-refractivity contribution in [2.75, 3.05) is 0 Å². The molecule has 11 heteroatoms. The summed E-state index contributed by atoms with van der Waals surface area (Å²) < 4.78 is 44.1. The summed E-state index contributed by atoms with van der Waals surface area (Å²) in [6, 6.07) is 7.74. The van der Waals surface area contributed by atoms with Crippen molar-refractivity contribution in [1.82, 2.24) is 24.6 Å². The van der Waals surface area contributed by atoms with Gasteiger partial charge in [-0.25, -0.2) is 14.3 Å². The first-order valence-electron chi connectivity index (χ1n) is 9.31. The number of fused-ring (bicyclic) bond motifs is 1. The van der Waals surface area contributed by atoms with Crippen LogP contribution in [-0.2, 0) is 0 Å². The summed E-state index contributed by atoms with van der Waals surface area (Å²) in [7, 11) is 0. The summed E-state index contributed by atoms with van der Waals surface area (Å²) in [6.07, 6.45) is 0.232. The maximum absolute atomic E-state index is 12.8. The number of para-hydroxylation sites is 1. The molecule has 1 aromatic carbocycles. The van der Waals surface area contributed by atoms with E-state index < -0.39 is 17.6 Å². The average Bonchev–Trinajstić information content (AvgIpc) is 3.34. The Morgan fingerprint density at radius 2 is 1.90 bits per heavy atom. The lowest BCUT2D eigenvalue weighted by molar-refractivity contribution is -0.274. The molecule has 0 bridgehead atoms. The number of H-pyrrole nitrogens is 2. The molecule has 1 aliphatic rings. The number of alkyl halides is 3. The normalized spacial score (nSPS) is 18.3. The van der Waals surface area contributed by atoms with Gasteiger partial charge in [-0.1, -0.05) is 18.2 Å². The number of aromatic amines is 2. The van der Waals surface area contributed by atoms with Gasteiger partial charge in [0.15, 0.2) is 5.65 Å². The minimum absolute atomic E-state index is 0.133. The first-order valence-corrected chi connectivity index (χ1v) is 9.31. The smallest absolute Gasteiger partial charge is 0.405 e. The molecule has 1 fully saturated rings. The summed E-state index contributed by atoms with van der Waals surface area (Å²) >= 11 is 0. The van der Waals surface area contributed by atoms with Gasteiger partial charge in [-0.15, -0.1) is 13.2 Å². The fraction of sp³-hybridized carbons (Fsp3) is 0.200. The number of benzene rings is 1. The Hall–Kier alpha value is -3.89. The van der Waals surface area contributed by atoms with Crippen LogP contribution < -0.4 is 16.0 Å². The highest BCUT2D eigenvalue weighted by molar-refractivity contribution is 5.64. The molecule has 5 rings (SSSR count). The van der Waals surface area contributed by atoms with Crippen LogP contribution in [0.2, 0.25) is 0 Å². The van der Waals surface area contributed by atoms with E-state index >= 15 is 0 Å². The number of hydrogen-bond acceptors (Lipinski definition) is 5. The van der Waals surface area contributed by atoms with Crippen molar-refractivity contribution in [3.05, 3.63) is 80.9 Å².